The van der Waals surface area contributed by atoms with E-state index in [0.717, 1.165) is 35.6 Å². The van der Waals surface area contributed by atoms with Crippen LogP contribution in [0.25, 0.3) is 29.1 Å². The van der Waals surface area contributed by atoms with E-state index in [1.807, 2.05) is 86.7 Å². The van der Waals surface area contributed by atoms with Crippen LogP contribution in [0.3, 0.4) is 0 Å². The molecule has 0 aliphatic carbocycles. The van der Waals surface area contributed by atoms with Crippen LogP contribution < -0.4 is 9.80 Å². The lowest BCUT2D eigenvalue weighted by atomic mass is 10.0. The van der Waals surface area contributed by atoms with Crippen LogP contribution >= 0.6 is 0 Å². The van der Waals surface area contributed by atoms with E-state index in [9.17, 15) is 14.9 Å². The molecule has 0 aromatic heterocycles. The van der Waals surface area contributed by atoms with Crippen molar-refractivity contribution in [1.29, 1.82) is 5.26 Å². The molecular weight excluding hydrogens is 600 g/mol. The van der Waals surface area contributed by atoms with E-state index in [0.29, 0.717) is 46.6 Å². The predicted octanol–water partition coefficient (Wildman–Crippen LogP) is 8.34. The van der Waals surface area contributed by atoms with Crippen molar-refractivity contribution in [3.63, 3.8) is 0 Å². The second kappa shape index (κ2) is 18.3. The summed E-state index contributed by atoms with van der Waals surface area (Å²) in [4.78, 5) is 31.3. The van der Waals surface area contributed by atoms with Gasteiger partial charge in [-0.15, -0.1) is 0 Å². The Morgan fingerprint density at radius 3 is 1.58 bits per heavy atom. The molecule has 0 radical (unpaired) electrons. The monoisotopic (exact) mass is 642 g/mol. The molecule has 0 unspecified atom stereocenters. The average Bonchev–Trinajstić information content (AvgIpc) is 3.10. The fourth-order valence-electron chi connectivity index (χ4n) is 4.73. The van der Waals surface area contributed by atoms with Crippen molar-refractivity contribution in [2.75, 3.05) is 49.2 Å². The third kappa shape index (κ3) is 10.6. The molecule has 3 aromatic carbocycles. The van der Waals surface area contributed by atoms with Crippen molar-refractivity contribution in [1.82, 2.24) is 0 Å². The number of carbonyl (C=O) groups is 2. The summed E-state index contributed by atoms with van der Waals surface area (Å²) in [6, 6.07) is 21.7. The molecule has 0 saturated heterocycles. The lowest BCUT2D eigenvalue weighted by molar-refractivity contribution is -0.139. The molecule has 0 spiro atoms. The van der Waals surface area contributed by atoms with Gasteiger partial charge in [0.2, 0.25) is 0 Å². The van der Waals surface area contributed by atoms with Gasteiger partial charge in [-0.25, -0.2) is 14.4 Å². The number of hydrogen-bond donors (Lipinski definition) is 0. The Kier molecular flexibility index (Phi) is 14.0. The number of nitriles is 1. The van der Waals surface area contributed by atoms with Gasteiger partial charge in [0.05, 0.1) is 31.3 Å². The molecule has 0 N–H and O–H groups in total. The molecule has 3 rings (SSSR count). The number of rotatable bonds is 16. The van der Waals surface area contributed by atoms with E-state index in [1.165, 1.54) is 0 Å². The highest BCUT2D eigenvalue weighted by Crippen LogP contribution is 2.28. The minimum Gasteiger partial charge on any atom is -0.460 e. The standard InChI is InChI=1S/C40H42N4O4/c1-8-43(22-24-47-39(45)29(3)4)36-18-12-31(13-19-36)10-16-33-27-38(42-7)34(26-35(33)28-41)17-11-32-14-20-37(21-15-32)44(9-2)23-25-48-40(46)30(5)6/h10-21,26-27H,3,5,8-9,22-25H2,1-2,4,6H3/b16-10+,17-11+. The Hall–Kier alpha value is -5.86. The third-order valence-electron chi connectivity index (χ3n) is 7.52. The average molecular weight is 643 g/mol. The minimum absolute atomic E-state index is 0.272. The Bertz CT molecular complexity index is 1630. The molecule has 0 aliphatic heterocycles. The zero-order chi connectivity index (χ0) is 35.1. The molecule has 0 atom stereocenters. The van der Waals surface area contributed by atoms with Crippen LogP contribution in [0.15, 0.2) is 85.0 Å². The number of nitrogens with zero attached hydrogens (tertiary/aromatic N) is 4. The van der Waals surface area contributed by atoms with Crippen molar-refractivity contribution in [3.05, 3.63) is 124 Å². The van der Waals surface area contributed by atoms with Crippen molar-refractivity contribution in [2.45, 2.75) is 27.7 Å². The van der Waals surface area contributed by atoms with E-state index in [2.05, 4.69) is 33.9 Å². The van der Waals surface area contributed by atoms with Gasteiger partial charge in [0.25, 0.3) is 0 Å². The zero-order valence-corrected chi connectivity index (χ0v) is 28.2. The highest BCUT2D eigenvalue weighted by atomic mass is 16.5. The molecule has 0 heterocycles. The van der Waals surface area contributed by atoms with Gasteiger partial charge in [-0.1, -0.05) is 61.7 Å². The van der Waals surface area contributed by atoms with E-state index in [4.69, 9.17) is 16.0 Å². The van der Waals surface area contributed by atoms with E-state index in [-0.39, 0.29) is 13.2 Å². The highest BCUT2D eigenvalue weighted by molar-refractivity contribution is 5.87. The molecule has 3 aromatic rings. The van der Waals surface area contributed by atoms with E-state index >= 15 is 0 Å². The molecule has 48 heavy (non-hydrogen) atoms. The van der Waals surface area contributed by atoms with Gasteiger partial charge < -0.3 is 19.3 Å². The fourth-order valence-corrected chi connectivity index (χ4v) is 4.73. The summed E-state index contributed by atoms with van der Waals surface area (Å²) in [6.45, 7) is 25.5. The Balaban J connectivity index is 1.69. The quantitative estimate of drug-likeness (QED) is 0.0672. The van der Waals surface area contributed by atoms with Crippen molar-refractivity contribution < 1.29 is 19.1 Å². The molecule has 8 nitrogen and oxygen atoms in total. The molecule has 246 valence electrons. The van der Waals surface area contributed by atoms with Gasteiger partial charge in [0.1, 0.15) is 13.2 Å². The van der Waals surface area contributed by atoms with Gasteiger partial charge in [0, 0.05) is 35.6 Å². The Morgan fingerprint density at radius 1 is 0.771 bits per heavy atom. The van der Waals surface area contributed by atoms with Crippen LogP contribution in [-0.2, 0) is 19.1 Å². The van der Waals surface area contributed by atoms with E-state index < -0.39 is 11.9 Å². The lowest BCUT2D eigenvalue weighted by Crippen LogP contribution is -2.28. The van der Waals surface area contributed by atoms with Crippen LogP contribution in [0.1, 0.15) is 55.5 Å². The number of carbonyl (C=O) groups excluding carboxylic acids is 2. The second-order valence-corrected chi connectivity index (χ2v) is 11.1. The van der Waals surface area contributed by atoms with Crippen LogP contribution in [0.2, 0.25) is 0 Å². The largest absolute Gasteiger partial charge is 0.460 e. The van der Waals surface area contributed by atoms with E-state index in [1.54, 1.807) is 26.0 Å². The van der Waals surface area contributed by atoms with Gasteiger partial charge in [-0.3, -0.25) is 0 Å². The molecule has 0 fully saturated rings. The molecule has 0 aliphatic rings. The van der Waals surface area contributed by atoms with Crippen molar-refractivity contribution >= 4 is 53.3 Å². The van der Waals surface area contributed by atoms with Crippen molar-refractivity contribution in [2.24, 2.45) is 0 Å². The Labute approximate surface area is 284 Å². The maximum absolute atomic E-state index is 11.7. The van der Waals surface area contributed by atoms with Crippen molar-refractivity contribution in [3.8, 4) is 6.07 Å². The maximum atomic E-state index is 11.7. The lowest BCUT2D eigenvalue weighted by Gasteiger charge is -2.23. The van der Waals surface area contributed by atoms with Gasteiger partial charge in [-0.2, -0.15) is 5.26 Å². The molecule has 8 heteroatoms. The second-order valence-electron chi connectivity index (χ2n) is 11.1. The number of likely N-dealkylation sites (N-methyl/N-ethyl adjacent to an activating group) is 2. The van der Waals surface area contributed by atoms with Crippen LogP contribution in [0.4, 0.5) is 17.1 Å². The van der Waals surface area contributed by atoms with Crippen LogP contribution in [0, 0.1) is 17.9 Å². The first-order valence-electron chi connectivity index (χ1n) is 15.8. The number of anilines is 2. The van der Waals surface area contributed by atoms with Crippen LogP contribution in [-0.4, -0.2) is 51.3 Å². The summed E-state index contributed by atoms with van der Waals surface area (Å²) in [5.74, 6) is -0.783. The Morgan fingerprint density at radius 2 is 1.21 bits per heavy atom. The number of hydrogen-bond acceptors (Lipinski definition) is 7. The topological polar surface area (TPSA) is 87.2 Å². The van der Waals surface area contributed by atoms with Gasteiger partial charge in [-0.05, 0) is 86.3 Å². The summed E-state index contributed by atoms with van der Waals surface area (Å²) in [5, 5.41) is 9.91. The van der Waals surface area contributed by atoms with Crippen LogP contribution in [0.5, 0.6) is 0 Å². The minimum atomic E-state index is -0.392. The first kappa shape index (κ1) is 36.6. The van der Waals surface area contributed by atoms with Gasteiger partial charge in [0.15, 0.2) is 5.69 Å². The molecule has 0 bridgehead atoms. The number of esters is 2. The van der Waals surface area contributed by atoms with Gasteiger partial charge >= 0.3 is 11.9 Å². The third-order valence-corrected chi connectivity index (χ3v) is 7.52. The molecule has 0 saturated carbocycles. The number of benzene rings is 3. The summed E-state index contributed by atoms with van der Waals surface area (Å²) in [5.41, 5.74) is 6.90. The normalized spacial score (nSPS) is 10.7. The summed E-state index contributed by atoms with van der Waals surface area (Å²) in [6.07, 6.45) is 7.53. The SMILES string of the molecule is [C-]#[N+]c1cc(/C=C/c2ccc(N(CC)CCOC(=O)C(=C)C)cc2)c(C#N)cc1/C=C/c1ccc(N(CC)CCOC(=O)C(=C)C)cc1. The smallest absolute Gasteiger partial charge is 0.333 e. The summed E-state index contributed by atoms with van der Waals surface area (Å²) < 4.78 is 10.5. The number of ether oxygens (including phenoxy) is 2. The summed E-state index contributed by atoms with van der Waals surface area (Å²) in [7, 11) is 0. The predicted molar refractivity (Wildman–Crippen MR) is 195 cm³/mol. The highest BCUT2D eigenvalue weighted by Gasteiger charge is 2.10. The first-order valence-corrected chi connectivity index (χ1v) is 15.8. The first-order chi connectivity index (χ1) is 23.1. The molecule has 0 amide bonds. The summed E-state index contributed by atoms with van der Waals surface area (Å²) >= 11 is 0. The molecular formula is C40H42N4O4. The fraction of sp³-hybridized carbons (Fsp3) is 0.250. The maximum Gasteiger partial charge on any atom is 0.333 e. The zero-order valence-electron chi connectivity index (χ0n) is 28.2.